The van der Waals surface area contributed by atoms with Crippen molar-refractivity contribution in [3.05, 3.63) is 0 Å². The molecule has 0 heterocycles. The normalized spacial score (nSPS) is 25.6. The maximum atomic E-state index is 12.0. The Hall–Kier alpha value is -0.630. The van der Waals surface area contributed by atoms with Crippen LogP contribution in [0, 0.1) is 5.92 Å². The third-order valence-corrected chi connectivity index (χ3v) is 4.14. The Morgan fingerprint density at radius 3 is 1.48 bits per heavy atom. The number of alkyl halides is 2. The Balaban J connectivity index is 2.79. The predicted molar refractivity (Wildman–Crippen MR) is 90.7 cm³/mol. The van der Waals surface area contributed by atoms with Gasteiger partial charge in [0.1, 0.15) is 20.9 Å². The van der Waals surface area contributed by atoms with Crippen molar-refractivity contribution >= 4 is 49.8 Å². The molecule has 0 aliphatic heterocycles. The van der Waals surface area contributed by atoms with Crippen LogP contribution in [0.1, 0.15) is 47.0 Å². The number of rotatable bonds is 5. The Bertz CT molecular complexity index is 441. The molecular formula is C15H22Br2O6. The second-order valence-electron chi connectivity index (χ2n) is 6.74. The van der Waals surface area contributed by atoms with E-state index in [0.29, 0.717) is 6.42 Å². The molecule has 2 atom stereocenters. The highest BCUT2D eigenvalue weighted by atomic mass is 79.9. The molecule has 0 amide bonds. The van der Waals surface area contributed by atoms with E-state index in [1.54, 1.807) is 27.7 Å². The van der Waals surface area contributed by atoms with E-state index in [1.165, 1.54) is 0 Å². The minimum absolute atomic E-state index is 0.218. The lowest BCUT2D eigenvalue weighted by Crippen LogP contribution is -2.42. The summed E-state index contributed by atoms with van der Waals surface area (Å²) in [6.45, 7) is 6.60. The minimum Gasteiger partial charge on any atom is -0.481 e. The summed E-state index contributed by atoms with van der Waals surface area (Å²) in [6.07, 6.45) is -0.449. The number of hydrogen-bond acceptors (Lipinski definition) is 5. The van der Waals surface area contributed by atoms with E-state index < -0.39 is 44.7 Å². The van der Waals surface area contributed by atoms with Gasteiger partial charge in [-0.15, -0.1) is 0 Å². The highest BCUT2D eigenvalue weighted by Gasteiger charge is 2.39. The number of ether oxygens (including phenoxy) is 2. The zero-order valence-corrected chi connectivity index (χ0v) is 16.8. The van der Waals surface area contributed by atoms with Crippen LogP contribution in [0.2, 0.25) is 0 Å². The highest BCUT2D eigenvalue weighted by Crippen LogP contribution is 2.32. The molecule has 0 aromatic rings. The average molecular weight is 458 g/mol. The monoisotopic (exact) mass is 456 g/mol. The fourth-order valence-electron chi connectivity index (χ4n) is 2.19. The predicted octanol–water partition coefficient (Wildman–Crippen LogP) is 3.04. The molecule has 0 bridgehead atoms. The molecular weight excluding hydrogens is 436 g/mol. The van der Waals surface area contributed by atoms with Crippen LogP contribution in [0.15, 0.2) is 0 Å². The summed E-state index contributed by atoms with van der Waals surface area (Å²) in [5.41, 5.74) is 0. The number of carboxylic acid groups (broad SMARTS) is 1. The number of esters is 2. The largest absolute Gasteiger partial charge is 0.481 e. The van der Waals surface area contributed by atoms with Crippen LogP contribution >= 0.6 is 31.9 Å². The van der Waals surface area contributed by atoms with Crippen molar-refractivity contribution in [1.82, 2.24) is 0 Å². The van der Waals surface area contributed by atoms with Crippen LogP contribution < -0.4 is 0 Å². The van der Waals surface area contributed by atoms with Gasteiger partial charge < -0.3 is 14.6 Å². The van der Waals surface area contributed by atoms with E-state index in [-0.39, 0.29) is 12.8 Å². The van der Waals surface area contributed by atoms with Gasteiger partial charge >= 0.3 is 17.9 Å². The third-order valence-electron chi connectivity index (χ3n) is 3.49. The number of carbonyl (C=O) groups is 3. The fraction of sp³-hybridized carbons (Fsp3) is 0.800. The second kappa shape index (κ2) is 7.51. The molecule has 23 heavy (non-hydrogen) atoms. The third kappa shape index (κ3) is 6.41. The lowest BCUT2D eigenvalue weighted by atomic mass is 9.85. The summed E-state index contributed by atoms with van der Waals surface area (Å²) in [5.74, 6) is -2.64. The molecule has 1 rings (SSSR count). The van der Waals surface area contributed by atoms with Crippen LogP contribution in [0.5, 0.6) is 0 Å². The van der Waals surface area contributed by atoms with Crippen LogP contribution in [0.4, 0.5) is 0 Å². The number of aliphatic carboxylic acids is 1. The average Bonchev–Trinajstić information content (AvgIpc) is 2.35. The fourth-order valence-corrected chi connectivity index (χ4v) is 2.38. The number of carboxylic acids is 1. The van der Waals surface area contributed by atoms with Gasteiger partial charge in [-0.1, -0.05) is 31.9 Å². The quantitative estimate of drug-likeness (QED) is 0.504. The first-order valence-corrected chi connectivity index (χ1v) is 8.92. The molecule has 0 aromatic carbocycles. The van der Waals surface area contributed by atoms with Gasteiger partial charge in [0.25, 0.3) is 0 Å². The van der Waals surface area contributed by atoms with Crippen molar-refractivity contribution in [1.29, 1.82) is 0 Å². The summed E-state index contributed by atoms with van der Waals surface area (Å²) >= 11 is 6.43. The van der Waals surface area contributed by atoms with Crippen LogP contribution in [-0.2, 0) is 23.9 Å². The van der Waals surface area contributed by atoms with Crippen molar-refractivity contribution in [3.63, 3.8) is 0 Å². The highest BCUT2D eigenvalue weighted by molar-refractivity contribution is 9.10. The molecule has 6 nitrogen and oxygen atoms in total. The second-order valence-corrected chi connectivity index (χ2v) is 10.7. The van der Waals surface area contributed by atoms with E-state index in [0.717, 1.165) is 0 Å². The maximum Gasteiger partial charge on any atom is 0.322 e. The van der Waals surface area contributed by atoms with Crippen molar-refractivity contribution in [3.8, 4) is 0 Å². The first kappa shape index (κ1) is 20.4. The lowest BCUT2D eigenvalue weighted by Gasteiger charge is -2.34. The molecule has 0 aromatic heterocycles. The summed E-state index contributed by atoms with van der Waals surface area (Å²) in [6, 6.07) is 0. The summed E-state index contributed by atoms with van der Waals surface area (Å²) in [7, 11) is 0. The van der Waals surface area contributed by atoms with Gasteiger partial charge in [0.15, 0.2) is 0 Å². The Labute approximate surface area is 152 Å². The van der Waals surface area contributed by atoms with Crippen molar-refractivity contribution in [2.24, 2.45) is 5.92 Å². The van der Waals surface area contributed by atoms with Gasteiger partial charge in [0.2, 0.25) is 0 Å². The standard InChI is InChI=1S/C15H22Br2O6/c1-14(2,16)12(20)22-9-5-8(11(18)19)6-10(7-9)23-13(21)15(3,4)17/h8-10H,5-7H2,1-4H3,(H,18,19). The minimum atomic E-state index is -0.983. The van der Waals surface area contributed by atoms with Crippen molar-refractivity contribution < 1.29 is 29.0 Å². The van der Waals surface area contributed by atoms with E-state index in [1.807, 2.05) is 0 Å². The topological polar surface area (TPSA) is 89.9 Å². The molecule has 132 valence electrons. The van der Waals surface area contributed by atoms with Gasteiger partial charge in [0, 0.05) is 6.42 Å². The first-order chi connectivity index (χ1) is 10.3. The number of carbonyl (C=O) groups excluding carboxylic acids is 2. The Kier molecular flexibility index (Phi) is 6.66. The van der Waals surface area contributed by atoms with E-state index in [9.17, 15) is 19.5 Å². The smallest absolute Gasteiger partial charge is 0.322 e. The molecule has 2 unspecified atom stereocenters. The first-order valence-electron chi connectivity index (χ1n) is 7.33. The molecule has 8 heteroatoms. The summed E-state index contributed by atoms with van der Waals surface area (Å²) in [5, 5.41) is 9.26. The molecule has 0 saturated heterocycles. The Morgan fingerprint density at radius 1 is 0.870 bits per heavy atom. The molecule has 1 saturated carbocycles. The molecule has 1 aliphatic rings. The maximum absolute atomic E-state index is 12.0. The number of hydrogen-bond donors (Lipinski definition) is 1. The van der Waals surface area contributed by atoms with Crippen molar-refractivity contribution in [2.45, 2.75) is 67.8 Å². The van der Waals surface area contributed by atoms with Crippen molar-refractivity contribution in [2.75, 3.05) is 0 Å². The van der Waals surface area contributed by atoms with E-state index >= 15 is 0 Å². The lowest BCUT2D eigenvalue weighted by molar-refractivity contribution is -0.167. The molecule has 0 spiro atoms. The van der Waals surface area contributed by atoms with Gasteiger partial charge in [-0.3, -0.25) is 14.4 Å². The van der Waals surface area contributed by atoms with Crippen LogP contribution in [0.25, 0.3) is 0 Å². The van der Waals surface area contributed by atoms with Gasteiger partial charge in [0.05, 0.1) is 5.92 Å². The van der Waals surface area contributed by atoms with E-state index in [2.05, 4.69) is 31.9 Å². The van der Waals surface area contributed by atoms with Gasteiger partial charge in [-0.25, -0.2) is 0 Å². The molecule has 0 radical (unpaired) electrons. The molecule has 1 N–H and O–H groups in total. The van der Waals surface area contributed by atoms with Crippen LogP contribution in [-0.4, -0.2) is 43.9 Å². The zero-order valence-electron chi connectivity index (χ0n) is 13.6. The number of halogens is 2. The summed E-state index contributed by atoms with van der Waals surface area (Å²) in [4.78, 5) is 35.2. The van der Waals surface area contributed by atoms with E-state index in [4.69, 9.17) is 9.47 Å². The molecule has 1 aliphatic carbocycles. The van der Waals surface area contributed by atoms with Gasteiger partial charge in [-0.05, 0) is 40.5 Å². The van der Waals surface area contributed by atoms with Gasteiger partial charge in [-0.2, -0.15) is 0 Å². The SMILES string of the molecule is CC(C)(Br)C(=O)OC1CC(OC(=O)C(C)(C)Br)CC(C(=O)O)C1. The summed E-state index contributed by atoms with van der Waals surface area (Å²) < 4.78 is 9.05. The molecule has 1 fully saturated rings. The Morgan fingerprint density at radius 2 is 1.22 bits per heavy atom. The van der Waals surface area contributed by atoms with Crippen LogP contribution in [0.3, 0.4) is 0 Å². The zero-order chi connectivity index (χ0) is 18.0.